The third-order valence-corrected chi connectivity index (χ3v) is 3.09. The average Bonchev–Trinajstić information content (AvgIpc) is 2.62. The summed E-state index contributed by atoms with van der Waals surface area (Å²) in [4.78, 5) is 10.0. The minimum atomic E-state index is 0.729. The van der Waals surface area contributed by atoms with Crippen LogP contribution in [0, 0.1) is 13.8 Å². The van der Waals surface area contributed by atoms with Gasteiger partial charge in [0.2, 0.25) is 0 Å². The molecule has 0 heterocycles. The molecule has 24 heavy (non-hydrogen) atoms. The maximum atomic E-state index is 10.0. The number of carbonyl (C=O) groups is 1. The second-order valence-electron chi connectivity index (χ2n) is 5.35. The predicted octanol–water partition coefficient (Wildman–Crippen LogP) is 4.65. The van der Waals surface area contributed by atoms with Crippen LogP contribution >= 0.6 is 0 Å². The van der Waals surface area contributed by atoms with E-state index < -0.39 is 0 Å². The highest BCUT2D eigenvalue weighted by molar-refractivity contribution is 5.74. The van der Waals surface area contributed by atoms with Gasteiger partial charge in [0.25, 0.3) is 0 Å². The monoisotopic (exact) mass is 320 g/mol. The summed E-state index contributed by atoms with van der Waals surface area (Å²) in [5.41, 5.74) is 15.7. The van der Waals surface area contributed by atoms with Crippen molar-refractivity contribution in [2.75, 3.05) is 11.5 Å². The Morgan fingerprint density at radius 1 is 0.625 bits per heavy atom. The molecule has 0 atom stereocenters. The molecule has 0 amide bonds. The molecule has 0 fully saturated rings. The molecular weight excluding hydrogens is 296 g/mol. The van der Waals surface area contributed by atoms with E-state index in [1.807, 2.05) is 80.6 Å². The fourth-order valence-electron chi connectivity index (χ4n) is 1.66. The fraction of sp³-hybridized carbons (Fsp3) is 0.0952. The van der Waals surface area contributed by atoms with Gasteiger partial charge in [-0.05, 0) is 38.1 Å². The van der Waals surface area contributed by atoms with Crippen LogP contribution in [0.4, 0.5) is 11.4 Å². The van der Waals surface area contributed by atoms with E-state index in [0.29, 0.717) is 0 Å². The highest BCUT2D eigenvalue weighted by atomic mass is 16.1. The lowest BCUT2D eigenvalue weighted by Crippen LogP contribution is -1.81. The molecule has 3 nitrogen and oxygen atoms in total. The Balaban J connectivity index is 0.000000180. The number of carbonyl (C=O) groups excluding carboxylic acids is 1. The molecule has 0 aliphatic heterocycles. The molecule has 0 aliphatic rings. The van der Waals surface area contributed by atoms with E-state index in [9.17, 15) is 4.79 Å². The number of nitrogens with two attached hydrogens (primary N) is 2. The SMILES string of the molecule is Cc1ccc(N)cc1.Cc1ccc(N)cc1.O=Cc1ccccc1. The van der Waals surface area contributed by atoms with Gasteiger partial charge < -0.3 is 11.5 Å². The minimum Gasteiger partial charge on any atom is -0.399 e. The Bertz CT molecular complexity index is 620. The van der Waals surface area contributed by atoms with Crippen molar-refractivity contribution < 1.29 is 4.79 Å². The quantitative estimate of drug-likeness (QED) is 0.506. The van der Waals surface area contributed by atoms with Gasteiger partial charge in [0.05, 0.1) is 0 Å². The molecule has 0 aromatic heterocycles. The number of hydrogen-bond acceptors (Lipinski definition) is 3. The summed E-state index contributed by atoms with van der Waals surface area (Å²) in [6.07, 6.45) is 0.833. The summed E-state index contributed by atoms with van der Waals surface area (Å²) in [6.45, 7) is 4.08. The summed E-state index contributed by atoms with van der Waals surface area (Å²) in [5, 5.41) is 0. The second-order valence-corrected chi connectivity index (χ2v) is 5.35. The molecule has 0 spiro atoms. The van der Waals surface area contributed by atoms with Crippen molar-refractivity contribution >= 4 is 17.7 Å². The highest BCUT2D eigenvalue weighted by Crippen LogP contribution is 2.03. The number of aryl methyl sites for hydroxylation is 2. The molecule has 0 unspecified atom stereocenters. The lowest BCUT2D eigenvalue weighted by atomic mass is 10.2. The third-order valence-electron chi connectivity index (χ3n) is 3.09. The maximum absolute atomic E-state index is 10.0. The lowest BCUT2D eigenvalue weighted by Gasteiger charge is -1.90. The van der Waals surface area contributed by atoms with Crippen LogP contribution in [-0.2, 0) is 0 Å². The standard InChI is InChI=1S/2C7H9N.C7H6O/c2*1-6-2-4-7(8)5-3-6;8-6-7-4-2-1-3-5-7/h2*2-5H,8H2,1H3;1-6H. The number of aldehydes is 1. The summed E-state index contributed by atoms with van der Waals surface area (Å²) in [7, 11) is 0. The van der Waals surface area contributed by atoms with Crippen LogP contribution < -0.4 is 11.5 Å². The van der Waals surface area contributed by atoms with Gasteiger partial charge in [0, 0.05) is 16.9 Å². The van der Waals surface area contributed by atoms with E-state index in [0.717, 1.165) is 23.2 Å². The summed E-state index contributed by atoms with van der Waals surface area (Å²) in [6, 6.07) is 24.7. The van der Waals surface area contributed by atoms with Crippen LogP contribution in [0.15, 0.2) is 78.9 Å². The lowest BCUT2D eigenvalue weighted by molar-refractivity contribution is 0.112. The summed E-state index contributed by atoms with van der Waals surface area (Å²) >= 11 is 0. The van der Waals surface area contributed by atoms with Crippen molar-refractivity contribution in [3.8, 4) is 0 Å². The number of rotatable bonds is 1. The largest absolute Gasteiger partial charge is 0.399 e. The van der Waals surface area contributed by atoms with Gasteiger partial charge in [-0.1, -0.05) is 65.7 Å². The normalized spacial score (nSPS) is 8.92. The van der Waals surface area contributed by atoms with E-state index in [4.69, 9.17) is 11.5 Å². The Kier molecular flexibility index (Phi) is 8.40. The Hall–Kier alpha value is -3.07. The first-order valence-electron chi connectivity index (χ1n) is 7.66. The van der Waals surface area contributed by atoms with E-state index in [-0.39, 0.29) is 0 Å². The first-order valence-corrected chi connectivity index (χ1v) is 7.66. The van der Waals surface area contributed by atoms with Gasteiger partial charge in [0.1, 0.15) is 6.29 Å². The highest BCUT2D eigenvalue weighted by Gasteiger charge is 1.81. The van der Waals surface area contributed by atoms with Crippen LogP contribution in [0.3, 0.4) is 0 Å². The van der Waals surface area contributed by atoms with Crippen molar-refractivity contribution in [2.24, 2.45) is 0 Å². The fourth-order valence-corrected chi connectivity index (χ4v) is 1.66. The van der Waals surface area contributed by atoms with E-state index in [2.05, 4.69) is 0 Å². The van der Waals surface area contributed by atoms with Crippen LogP contribution in [0.25, 0.3) is 0 Å². The Labute approximate surface area is 143 Å². The Morgan fingerprint density at radius 2 is 1.00 bits per heavy atom. The van der Waals surface area contributed by atoms with Crippen LogP contribution in [0.2, 0.25) is 0 Å². The molecule has 0 bridgehead atoms. The molecule has 4 N–H and O–H groups in total. The molecule has 3 aromatic rings. The molecule has 0 radical (unpaired) electrons. The van der Waals surface area contributed by atoms with Crippen LogP contribution in [0.5, 0.6) is 0 Å². The molecule has 3 heteroatoms. The number of hydrogen-bond donors (Lipinski definition) is 2. The first kappa shape index (κ1) is 19.0. The van der Waals surface area contributed by atoms with E-state index >= 15 is 0 Å². The van der Waals surface area contributed by atoms with Gasteiger partial charge >= 0.3 is 0 Å². The number of anilines is 2. The zero-order valence-corrected chi connectivity index (χ0v) is 14.1. The molecule has 0 saturated carbocycles. The zero-order valence-electron chi connectivity index (χ0n) is 14.1. The summed E-state index contributed by atoms with van der Waals surface area (Å²) < 4.78 is 0. The van der Waals surface area contributed by atoms with Gasteiger partial charge in [-0.3, -0.25) is 4.79 Å². The van der Waals surface area contributed by atoms with Crippen LogP contribution in [0.1, 0.15) is 21.5 Å². The molecule has 3 aromatic carbocycles. The van der Waals surface area contributed by atoms with E-state index in [1.165, 1.54) is 11.1 Å². The van der Waals surface area contributed by atoms with Crippen molar-refractivity contribution in [2.45, 2.75) is 13.8 Å². The molecular formula is C21H24N2O. The second kappa shape index (κ2) is 10.6. The zero-order chi connectivity index (χ0) is 17.8. The number of nitrogen functional groups attached to an aromatic ring is 2. The maximum Gasteiger partial charge on any atom is 0.150 e. The van der Waals surface area contributed by atoms with Gasteiger partial charge in [0.15, 0.2) is 0 Å². The number of benzene rings is 3. The Morgan fingerprint density at radius 3 is 1.25 bits per heavy atom. The minimum absolute atomic E-state index is 0.729. The van der Waals surface area contributed by atoms with Gasteiger partial charge in [-0.2, -0.15) is 0 Å². The molecule has 0 aliphatic carbocycles. The van der Waals surface area contributed by atoms with Gasteiger partial charge in [-0.25, -0.2) is 0 Å². The first-order chi connectivity index (χ1) is 11.5. The topological polar surface area (TPSA) is 69.1 Å². The molecule has 3 rings (SSSR count). The van der Waals surface area contributed by atoms with Crippen LogP contribution in [-0.4, -0.2) is 6.29 Å². The van der Waals surface area contributed by atoms with Crippen molar-refractivity contribution in [3.05, 3.63) is 95.6 Å². The van der Waals surface area contributed by atoms with Crippen molar-refractivity contribution in [3.63, 3.8) is 0 Å². The van der Waals surface area contributed by atoms with Crippen molar-refractivity contribution in [1.82, 2.24) is 0 Å². The van der Waals surface area contributed by atoms with Crippen molar-refractivity contribution in [1.29, 1.82) is 0 Å². The predicted molar refractivity (Wildman–Crippen MR) is 103 cm³/mol. The van der Waals surface area contributed by atoms with E-state index in [1.54, 1.807) is 12.1 Å². The third kappa shape index (κ3) is 8.39. The summed E-state index contributed by atoms with van der Waals surface area (Å²) in [5.74, 6) is 0. The smallest absolute Gasteiger partial charge is 0.150 e. The average molecular weight is 320 g/mol. The van der Waals surface area contributed by atoms with Gasteiger partial charge in [-0.15, -0.1) is 0 Å². The molecule has 124 valence electrons. The molecule has 0 saturated heterocycles.